The van der Waals surface area contributed by atoms with Crippen LogP contribution in [0.2, 0.25) is 0 Å². The third-order valence-corrected chi connectivity index (χ3v) is 1.99. The van der Waals surface area contributed by atoms with Gasteiger partial charge >= 0.3 is 0 Å². The van der Waals surface area contributed by atoms with Crippen LogP contribution in [0.5, 0.6) is 0 Å². The van der Waals surface area contributed by atoms with E-state index in [0.717, 1.165) is 16.8 Å². The number of hydrogen-bond donors (Lipinski definition) is 1. The Bertz CT molecular complexity index is 433. The van der Waals surface area contributed by atoms with Gasteiger partial charge in [0, 0.05) is 18.9 Å². The molecule has 4 heteroatoms. The molecule has 2 rings (SSSR count). The van der Waals surface area contributed by atoms with Gasteiger partial charge in [-0.2, -0.15) is 5.10 Å². The molecule has 0 saturated carbocycles. The Balaban J connectivity index is 2.41. The normalized spacial score (nSPS) is 10.4. The Morgan fingerprint density at radius 3 is 2.86 bits per heavy atom. The van der Waals surface area contributed by atoms with Crippen molar-refractivity contribution in [3.05, 3.63) is 42.0 Å². The second-order valence-electron chi connectivity index (χ2n) is 3.22. The van der Waals surface area contributed by atoms with Crippen molar-refractivity contribution in [2.24, 2.45) is 5.73 Å². The Hall–Kier alpha value is -1.68. The number of pyridine rings is 1. The van der Waals surface area contributed by atoms with Gasteiger partial charge in [0.15, 0.2) is 0 Å². The molecule has 2 heterocycles. The number of hydrogen-bond acceptors (Lipinski definition) is 3. The van der Waals surface area contributed by atoms with Gasteiger partial charge in [0.25, 0.3) is 0 Å². The lowest BCUT2D eigenvalue weighted by atomic mass is 10.2. The Labute approximate surface area is 82.4 Å². The Morgan fingerprint density at radius 1 is 1.36 bits per heavy atom. The molecular weight excluding hydrogens is 176 g/mol. The van der Waals surface area contributed by atoms with Gasteiger partial charge in [0.2, 0.25) is 0 Å². The van der Waals surface area contributed by atoms with E-state index in [4.69, 9.17) is 5.73 Å². The second kappa shape index (κ2) is 3.59. The number of aryl methyl sites for hydroxylation is 1. The van der Waals surface area contributed by atoms with Crippen molar-refractivity contribution in [3.8, 4) is 5.69 Å². The standard InChI is InChI=1S/C10H12N4/c1-8-4-13-14(7-8)10-2-9(3-11)5-12-6-10/h2,4-7H,3,11H2,1H3. The Kier molecular flexibility index (Phi) is 2.28. The zero-order valence-electron chi connectivity index (χ0n) is 8.01. The maximum Gasteiger partial charge on any atom is 0.0832 e. The van der Waals surface area contributed by atoms with Crippen LogP contribution in [0, 0.1) is 6.92 Å². The summed E-state index contributed by atoms with van der Waals surface area (Å²) >= 11 is 0. The van der Waals surface area contributed by atoms with Crippen molar-refractivity contribution in [2.75, 3.05) is 0 Å². The number of nitrogens with zero attached hydrogens (tertiary/aromatic N) is 3. The molecule has 0 atom stereocenters. The SMILES string of the molecule is Cc1cnn(-c2cncc(CN)c2)c1. The highest BCUT2D eigenvalue weighted by atomic mass is 15.3. The van der Waals surface area contributed by atoms with Crippen LogP contribution in [0.3, 0.4) is 0 Å². The van der Waals surface area contributed by atoms with E-state index in [1.807, 2.05) is 25.4 Å². The fraction of sp³-hybridized carbons (Fsp3) is 0.200. The molecule has 72 valence electrons. The van der Waals surface area contributed by atoms with Crippen molar-refractivity contribution < 1.29 is 0 Å². The van der Waals surface area contributed by atoms with Crippen LogP contribution < -0.4 is 5.73 Å². The minimum atomic E-state index is 0.501. The van der Waals surface area contributed by atoms with Gasteiger partial charge in [0.1, 0.15) is 0 Å². The van der Waals surface area contributed by atoms with Crippen LogP contribution in [0.1, 0.15) is 11.1 Å². The quantitative estimate of drug-likeness (QED) is 0.766. The van der Waals surface area contributed by atoms with Crippen LogP contribution >= 0.6 is 0 Å². The smallest absolute Gasteiger partial charge is 0.0832 e. The van der Waals surface area contributed by atoms with Crippen molar-refractivity contribution in [1.29, 1.82) is 0 Å². The third kappa shape index (κ3) is 1.65. The first-order chi connectivity index (χ1) is 6.79. The van der Waals surface area contributed by atoms with Crippen LogP contribution in [-0.2, 0) is 6.54 Å². The maximum absolute atomic E-state index is 5.53. The van der Waals surface area contributed by atoms with Gasteiger partial charge in [-0.05, 0) is 24.1 Å². The molecule has 0 aromatic carbocycles. The molecule has 0 spiro atoms. The molecule has 0 aliphatic rings. The van der Waals surface area contributed by atoms with E-state index < -0.39 is 0 Å². The van der Waals surface area contributed by atoms with Gasteiger partial charge in [-0.1, -0.05) is 0 Å². The number of nitrogens with two attached hydrogens (primary N) is 1. The van der Waals surface area contributed by atoms with Crippen molar-refractivity contribution in [3.63, 3.8) is 0 Å². The van der Waals surface area contributed by atoms with Crippen LogP contribution in [-0.4, -0.2) is 14.8 Å². The second-order valence-corrected chi connectivity index (χ2v) is 3.22. The third-order valence-electron chi connectivity index (χ3n) is 1.99. The van der Waals surface area contributed by atoms with Gasteiger partial charge in [-0.15, -0.1) is 0 Å². The summed E-state index contributed by atoms with van der Waals surface area (Å²) in [7, 11) is 0. The largest absolute Gasteiger partial charge is 0.326 e. The molecule has 4 nitrogen and oxygen atoms in total. The number of rotatable bonds is 2. The molecule has 0 fully saturated rings. The molecule has 2 N–H and O–H groups in total. The van der Waals surface area contributed by atoms with Gasteiger partial charge in [0.05, 0.1) is 18.1 Å². The predicted octanol–water partition coefficient (Wildman–Crippen LogP) is 1.03. The van der Waals surface area contributed by atoms with Gasteiger partial charge in [-0.3, -0.25) is 4.98 Å². The van der Waals surface area contributed by atoms with Crippen LogP contribution in [0.25, 0.3) is 5.69 Å². The lowest BCUT2D eigenvalue weighted by Crippen LogP contribution is -2.00. The first-order valence-electron chi connectivity index (χ1n) is 4.45. The summed E-state index contributed by atoms with van der Waals surface area (Å²) in [6, 6.07) is 1.99. The molecule has 0 bridgehead atoms. The predicted molar refractivity (Wildman–Crippen MR) is 54.0 cm³/mol. The van der Waals surface area contributed by atoms with E-state index in [2.05, 4.69) is 10.1 Å². The van der Waals surface area contributed by atoms with Gasteiger partial charge in [-0.25, -0.2) is 4.68 Å². The topological polar surface area (TPSA) is 56.7 Å². The highest BCUT2D eigenvalue weighted by molar-refractivity contribution is 5.31. The lowest BCUT2D eigenvalue weighted by molar-refractivity contribution is 0.867. The van der Waals surface area contributed by atoms with E-state index in [0.29, 0.717) is 6.54 Å². The molecule has 2 aromatic heterocycles. The minimum Gasteiger partial charge on any atom is -0.326 e. The summed E-state index contributed by atoms with van der Waals surface area (Å²) in [5, 5.41) is 4.20. The van der Waals surface area contributed by atoms with E-state index in [1.165, 1.54) is 0 Å². The van der Waals surface area contributed by atoms with E-state index in [1.54, 1.807) is 17.1 Å². The minimum absolute atomic E-state index is 0.501. The highest BCUT2D eigenvalue weighted by Crippen LogP contribution is 2.08. The van der Waals surface area contributed by atoms with E-state index >= 15 is 0 Å². The molecule has 0 radical (unpaired) electrons. The van der Waals surface area contributed by atoms with Gasteiger partial charge < -0.3 is 5.73 Å². The average molecular weight is 188 g/mol. The summed E-state index contributed by atoms with van der Waals surface area (Å²) in [5.74, 6) is 0. The van der Waals surface area contributed by atoms with Crippen LogP contribution in [0.15, 0.2) is 30.9 Å². The van der Waals surface area contributed by atoms with Crippen molar-refractivity contribution >= 4 is 0 Å². The highest BCUT2D eigenvalue weighted by Gasteiger charge is 1.99. The summed E-state index contributed by atoms with van der Waals surface area (Å²) in [5.41, 5.74) is 8.62. The lowest BCUT2D eigenvalue weighted by Gasteiger charge is -2.02. The van der Waals surface area contributed by atoms with Crippen LogP contribution in [0.4, 0.5) is 0 Å². The monoisotopic (exact) mass is 188 g/mol. The average Bonchev–Trinajstić information content (AvgIpc) is 2.65. The summed E-state index contributed by atoms with van der Waals surface area (Å²) in [6.45, 7) is 2.50. The van der Waals surface area contributed by atoms with Crippen molar-refractivity contribution in [1.82, 2.24) is 14.8 Å². The first-order valence-corrected chi connectivity index (χ1v) is 4.45. The first kappa shape index (κ1) is 8.90. The summed E-state index contributed by atoms with van der Waals surface area (Å²) in [4.78, 5) is 4.10. The summed E-state index contributed by atoms with van der Waals surface area (Å²) < 4.78 is 1.79. The molecule has 0 saturated heterocycles. The molecule has 2 aromatic rings. The number of aromatic nitrogens is 3. The molecule has 14 heavy (non-hydrogen) atoms. The van der Waals surface area contributed by atoms with E-state index in [-0.39, 0.29) is 0 Å². The zero-order chi connectivity index (χ0) is 9.97. The molecule has 0 amide bonds. The Morgan fingerprint density at radius 2 is 2.21 bits per heavy atom. The molecule has 0 unspecified atom stereocenters. The maximum atomic E-state index is 5.53. The van der Waals surface area contributed by atoms with Crippen molar-refractivity contribution in [2.45, 2.75) is 13.5 Å². The fourth-order valence-electron chi connectivity index (χ4n) is 1.26. The molecule has 0 aliphatic heterocycles. The fourth-order valence-corrected chi connectivity index (χ4v) is 1.26. The molecule has 0 aliphatic carbocycles. The van der Waals surface area contributed by atoms with E-state index in [9.17, 15) is 0 Å². The zero-order valence-corrected chi connectivity index (χ0v) is 8.01. The molecular formula is C10H12N4. The summed E-state index contributed by atoms with van der Waals surface area (Å²) in [6.07, 6.45) is 7.30.